The van der Waals surface area contributed by atoms with Crippen LogP contribution in [0.1, 0.15) is 35.9 Å². The van der Waals surface area contributed by atoms with Crippen molar-refractivity contribution >= 4 is 23.5 Å². The quantitative estimate of drug-likeness (QED) is 0.691. The number of anilines is 1. The summed E-state index contributed by atoms with van der Waals surface area (Å²) < 4.78 is 7.71. The predicted molar refractivity (Wildman–Crippen MR) is 114 cm³/mol. The molecule has 7 nitrogen and oxygen atoms in total. The summed E-state index contributed by atoms with van der Waals surface area (Å²) in [6, 6.07) is 9.76. The lowest BCUT2D eigenvalue weighted by molar-refractivity contribution is -0.113. The fraction of sp³-hybridized carbons (Fsp3) is 0.333. The first-order chi connectivity index (χ1) is 14.0. The van der Waals surface area contributed by atoms with Gasteiger partial charge in [0.25, 0.3) is 5.95 Å². The second-order valence-corrected chi connectivity index (χ2v) is 8.38. The largest absolute Gasteiger partial charge is 0.493 e. The van der Waals surface area contributed by atoms with Crippen LogP contribution in [0.2, 0.25) is 0 Å². The normalized spacial score (nSPS) is 16.3. The fourth-order valence-electron chi connectivity index (χ4n) is 3.26. The minimum absolute atomic E-state index is 0.0728. The van der Waals surface area contributed by atoms with E-state index < -0.39 is 0 Å². The number of rotatable bonds is 5. The van der Waals surface area contributed by atoms with Crippen LogP contribution in [-0.2, 0) is 4.79 Å². The van der Waals surface area contributed by atoms with Gasteiger partial charge in [-0.1, -0.05) is 32.0 Å². The van der Waals surface area contributed by atoms with Gasteiger partial charge in [0.05, 0.1) is 23.3 Å². The van der Waals surface area contributed by atoms with E-state index in [0.29, 0.717) is 30.0 Å². The molecule has 29 heavy (non-hydrogen) atoms. The molecule has 0 bridgehead atoms. The van der Waals surface area contributed by atoms with Gasteiger partial charge in [0.1, 0.15) is 11.6 Å². The number of carbonyl (C=O) groups is 1. The number of ether oxygens (including phenoxy) is 1. The lowest BCUT2D eigenvalue weighted by Gasteiger charge is -2.20. The summed E-state index contributed by atoms with van der Waals surface area (Å²) in [4.78, 5) is 21.1. The first-order valence-corrected chi connectivity index (χ1v) is 10.6. The number of aryl methyl sites for hydroxylation is 1. The van der Waals surface area contributed by atoms with Crippen molar-refractivity contribution in [1.29, 1.82) is 0 Å². The van der Waals surface area contributed by atoms with E-state index in [2.05, 4.69) is 40.3 Å². The van der Waals surface area contributed by atoms with E-state index in [1.807, 2.05) is 25.1 Å². The Bertz CT molecular complexity index is 1020. The van der Waals surface area contributed by atoms with Gasteiger partial charge < -0.3 is 10.1 Å². The summed E-state index contributed by atoms with van der Waals surface area (Å²) in [7, 11) is 0. The number of nitrogens with zero attached hydrogens (tertiary/aromatic N) is 4. The Balaban J connectivity index is 1.83. The maximum atomic E-state index is 12.5. The molecule has 0 radical (unpaired) electrons. The molecule has 0 spiro atoms. The zero-order valence-corrected chi connectivity index (χ0v) is 17.4. The number of hydrogen-bond acceptors (Lipinski definition) is 6. The molecule has 3 aromatic rings. The van der Waals surface area contributed by atoms with E-state index in [4.69, 9.17) is 4.74 Å². The van der Waals surface area contributed by atoms with E-state index >= 15 is 0 Å². The highest BCUT2D eigenvalue weighted by Gasteiger charge is 2.32. The highest BCUT2D eigenvalue weighted by Crippen LogP contribution is 2.46. The summed E-state index contributed by atoms with van der Waals surface area (Å²) in [5.74, 6) is 2.56. The molecule has 0 saturated heterocycles. The average Bonchev–Trinajstić information content (AvgIpc) is 2.93. The maximum Gasteiger partial charge on any atom is 0.252 e. The van der Waals surface area contributed by atoms with Crippen molar-refractivity contribution in [3.8, 4) is 11.7 Å². The number of fused-ring (bicyclic) bond motifs is 1. The number of benzene rings is 1. The monoisotopic (exact) mass is 409 g/mol. The Kier molecular flexibility index (Phi) is 5.53. The summed E-state index contributed by atoms with van der Waals surface area (Å²) in [6.07, 6.45) is 3.32. The molecule has 150 valence electrons. The molecule has 3 heterocycles. The summed E-state index contributed by atoms with van der Waals surface area (Å²) in [5.41, 5.74) is 2.81. The Morgan fingerprint density at radius 1 is 1.24 bits per heavy atom. The third-order valence-electron chi connectivity index (χ3n) is 4.52. The van der Waals surface area contributed by atoms with Gasteiger partial charge in [-0.25, -0.2) is 9.97 Å². The number of para-hydroxylation sites is 1. The molecular formula is C21H23N5O2S. The molecule has 4 rings (SSSR count). The van der Waals surface area contributed by atoms with Crippen molar-refractivity contribution in [3.63, 3.8) is 0 Å². The van der Waals surface area contributed by atoms with Gasteiger partial charge in [0, 0.05) is 23.5 Å². The van der Waals surface area contributed by atoms with Gasteiger partial charge in [0.15, 0.2) is 0 Å². The Morgan fingerprint density at radius 3 is 2.76 bits per heavy atom. The van der Waals surface area contributed by atoms with Crippen LogP contribution in [-0.4, -0.2) is 38.0 Å². The first kappa shape index (κ1) is 19.4. The molecule has 8 heteroatoms. The summed E-state index contributed by atoms with van der Waals surface area (Å²) in [5, 5.41) is 7.55. The van der Waals surface area contributed by atoms with Crippen LogP contribution in [0, 0.1) is 12.8 Å². The molecule has 0 saturated carbocycles. The van der Waals surface area contributed by atoms with E-state index in [-0.39, 0.29) is 11.2 Å². The molecule has 1 aromatic carbocycles. The molecule has 1 aliphatic rings. The zero-order valence-electron chi connectivity index (χ0n) is 16.6. The van der Waals surface area contributed by atoms with Gasteiger partial charge >= 0.3 is 0 Å². The fourth-order valence-corrected chi connectivity index (χ4v) is 4.47. The van der Waals surface area contributed by atoms with E-state index in [0.717, 1.165) is 22.6 Å². The SMILES string of the molecule is Cc1nn(-c2ncccn2)c2c1C(c1ccccc1OCC(C)C)SCC(=O)N2. The minimum atomic E-state index is -0.0928. The standard InChI is InChI=1S/C21H23N5O2S/c1-13(2)11-28-16-8-5-4-7-15(16)19-18-14(3)25-26(21-22-9-6-10-23-21)20(18)24-17(27)12-29-19/h4-10,13,19H,11-12H2,1-3H3,(H,24,27). The highest BCUT2D eigenvalue weighted by molar-refractivity contribution is 8.00. The number of thioether (sulfide) groups is 1. The lowest BCUT2D eigenvalue weighted by Crippen LogP contribution is -2.16. The summed E-state index contributed by atoms with van der Waals surface area (Å²) >= 11 is 1.57. The van der Waals surface area contributed by atoms with E-state index in [1.54, 1.807) is 34.9 Å². The van der Waals surface area contributed by atoms with Crippen LogP contribution in [0.3, 0.4) is 0 Å². The van der Waals surface area contributed by atoms with E-state index in [9.17, 15) is 4.79 Å². The Labute approximate surface area is 173 Å². The molecule has 1 atom stereocenters. The average molecular weight is 410 g/mol. The van der Waals surface area contributed by atoms with Crippen LogP contribution in [0.4, 0.5) is 5.82 Å². The number of nitrogens with one attached hydrogen (secondary N) is 1. The van der Waals surface area contributed by atoms with Crippen molar-refractivity contribution in [1.82, 2.24) is 19.7 Å². The Morgan fingerprint density at radius 2 is 2.00 bits per heavy atom. The molecular weight excluding hydrogens is 386 g/mol. The topological polar surface area (TPSA) is 81.9 Å². The van der Waals surface area contributed by atoms with Crippen LogP contribution in [0.15, 0.2) is 42.7 Å². The van der Waals surface area contributed by atoms with Gasteiger partial charge in [-0.05, 0) is 25.0 Å². The van der Waals surface area contributed by atoms with Crippen molar-refractivity contribution in [2.45, 2.75) is 26.0 Å². The van der Waals surface area contributed by atoms with Crippen molar-refractivity contribution in [2.24, 2.45) is 5.92 Å². The molecule has 0 fully saturated rings. The molecule has 1 N–H and O–H groups in total. The van der Waals surface area contributed by atoms with Gasteiger partial charge in [0.2, 0.25) is 5.91 Å². The van der Waals surface area contributed by atoms with Crippen molar-refractivity contribution < 1.29 is 9.53 Å². The third-order valence-corrected chi connectivity index (χ3v) is 5.77. The number of amides is 1. The Hall–Kier alpha value is -2.87. The number of hydrogen-bond donors (Lipinski definition) is 1. The second kappa shape index (κ2) is 8.24. The van der Waals surface area contributed by atoms with Gasteiger partial charge in [-0.3, -0.25) is 4.79 Å². The smallest absolute Gasteiger partial charge is 0.252 e. The van der Waals surface area contributed by atoms with Crippen LogP contribution < -0.4 is 10.1 Å². The first-order valence-electron chi connectivity index (χ1n) is 9.54. The van der Waals surface area contributed by atoms with Crippen molar-refractivity contribution in [3.05, 3.63) is 59.5 Å². The highest BCUT2D eigenvalue weighted by atomic mass is 32.2. The van der Waals surface area contributed by atoms with Crippen LogP contribution in [0.25, 0.3) is 5.95 Å². The molecule has 0 aliphatic carbocycles. The summed E-state index contributed by atoms with van der Waals surface area (Å²) in [6.45, 7) is 6.82. The minimum Gasteiger partial charge on any atom is -0.493 e. The predicted octanol–water partition coefficient (Wildman–Crippen LogP) is 3.78. The molecule has 1 unspecified atom stereocenters. The maximum absolute atomic E-state index is 12.5. The third kappa shape index (κ3) is 3.98. The van der Waals surface area contributed by atoms with Gasteiger partial charge in [-0.15, -0.1) is 11.8 Å². The lowest BCUT2D eigenvalue weighted by atomic mass is 10.0. The van der Waals surface area contributed by atoms with E-state index in [1.165, 1.54) is 0 Å². The number of carbonyl (C=O) groups excluding carboxylic acids is 1. The number of aromatic nitrogens is 4. The molecule has 2 aromatic heterocycles. The van der Waals surface area contributed by atoms with Crippen molar-refractivity contribution in [2.75, 3.05) is 17.7 Å². The second-order valence-electron chi connectivity index (χ2n) is 7.29. The molecule has 1 aliphatic heterocycles. The van der Waals surface area contributed by atoms with Crippen LogP contribution >= 0.6 is 11.8 Å². The van der Waals surface area contributed by atoms with Gasteiger partial charge in [-0.2, -0.15) is 9.78 Å². The molecule has 1 amide bonds. The van der Waals surface area contributed by atoms with Crippen LogP contribution in [0.5, 0.6) is 5.75 Å². The zero-order chi connectivity index (χ0) is 20.4.